The molecule has 0 amide bonds. The minimum absolute atomic E-state index is 0.0220. The molecule has 6 heteroatoms. The van der Waals surface area contributed by atoms with E-state index >= 15 is 0 Å². The second-order valence-electron chi connectivity index (χ2n) is 3.76. The molecular weight excluding hydrogens is 224 g/mol. The molecule has 1 aromatic rings. The molecule has 0 radical (unpaired) electrons. The van der Waals surface area contributed by atoms with E-state index in [9.17, 15) is 0 Å². The first-order valence-electron chi connectivity index (χ1n) is 5.06. The van der Waals surface area contributed by atoms with Gasteiger partial charge in [-0.3, -0.25) is 0 Å². The SMILES string of the molecule is CC(C)CCSc1cnc(C(N)=NO)cn1. The average Bonchev–Trinajstić information content (AvgIpc) is 2.28. The maximum atomic E-state index is 8.45. The van der Waals surface area contributed by atoms with Crippen molar-refractivity contribution in [2.75, 3.05) is 5.75 Å². The number of rotatable bonds is 5. The Labute approximate surface area is 99.2 Å². The standard InChI is InChI=1S/C10H16N4OS/c1-7(2)3-4-16-9-6-12-8(5-13-9)10(11)14-15/h5-7,15H,3-4H2,1-2H3,(H2,11,14). The van der Waals surface area contributed by atoms with Crippen LogP contribution in [0, 0.1) is 5.92 Å². The predicted molar refractivity (Wildman–Crippen MR) is 64.7 cm³/mol. The van der Waals surface area contributed by atoms with Gasteiger partial charge in [-0.05, 0) is 18.1 Å². The molecule has 0 saturated carbocycles. The molecule has 0 aliphatic rings. The second-order valence-corrected chi connectivity index (χ2v) is 4.87. The molecule has 3 N–H and O–H groups in total. The summed E-state index contributed by atoms with van der Waals surface area (Å²) in [7, 11) is 0. The summed E-state index contributed by atoms with van der Waals surface area (Å²) < 4.78 is 0. The summed E-state index contributed by atoms with van der Waals surface area (Å²) in [6.45, 7) is 4.38. The molecule has 0 spiro atoms. The van der Waals surface area contributed by atoms with Crippen LogP contribution in [0.4, 0.5) is 0 Å². The predicted octanol–water partition coefficient (Wildman–Crippen LogP) is 1.71. The van der Waals surface area contributed by atoms with Gasteiger partial charge < -0.3 is 10.9 Å². The highest BCUT2D eigenvalue weighted by atomic mass is 32.2. The molecule has 88 valence electrons. The minimum atomic E-state index is -0.0220. The Balaban J connectivity index is 2.52. The van der Waals surface area contributed by atoms with Crippen LogP contribution in [0.3, 0.4) is 0 Å². The molecule has 16 heavy (non-hydrogen) atoms. The molecule has 0 aromatic carbocycles. The molecule has 0 unspecified atom stereocenters. The highest BCUT2D eigenvalue weighted by Gasteiger charge is 2.03. The van der Waals surface area contributed by atoms with Crippen LogP contribution >= 0.6 is 11.8 Å². The van der Waals surface area contributed by atoms with Crippen molar-refractivity contribution >= 4 is 17.6 Å². The molecule has 1 aromatic heterocycles. The molecule has 0 aliphatic carbocycles. The van der Waals surface area contributed by atoms with E-state index in [-0.39, 0.29) is 5.84 Å². The zero-order valence-electron chi connectivity index (χ0n) is 9.42. The van der Waals surface area contributed by atoms with Gasteiger partial charge in [0, 0.05) is 0 Å². The van der Waals surface area contributed by atoms with Gasteiger partial charge in [0.15, 0.2) is 5.84 Å². The lowest BCUT2D eigenvalue weighted by Crippen LogP contribution is -2.15. The molecule has 0 bridgehead atoms. The number of thioether (sulfide) groups is 1. The van der Waals surface area contributed by atoms with Crippen LogP contribution in [-0.4, -0.2) is 26.8 Å². The van der Waals surface area contributed by atoms with Gasteiger partial charge in [0.05, 0.1) is 12.4 Å². The summed E-state index contributed by atoms with van der Waals surface area (Å²) in [5.41, 5.74) is 5.76. The topological polar surface area (TPSA) is 84.4 Å². The molecule has 1 heterocycles. The van der Waals surface area contributed by atoms with Gasteiger partial charge >= 0.3 is 0 Å². The fourth-order valence-electron chi connectivity index (χ4n) is 0.973. The number of nitrogens with two attached hydrogens (primary N) is 1. The number of nitrogens with zero attached hydrogens (tertiary/aromatic N) is 3. The third-order valence-corrected chi connectivity index (χ3v) is 2.89. The van der Waals surface area contributed by atoms with Crippen LogP contribution in [0.15, 0.2) is 22.6 Å². The fraction of sp³-hybridized carbons (Fsp3) is 0.500. The van der Waals surface area contributed by atoms with Gasteiger partial charge in [0.1, 0.15) is 10.7 Å². The van der Waals surface area contributed by atoms with Gasteiger partial charge in [0.25, 0.3) is 0 Å². The normalized spacial score (nSPS) is 12.1. The van der Waals surface area contributed by atoms with Crippen molar-refractivity contribution in [3.63, 3.8) is 0 Å². The van der Waals surface area contributed by atoms with Crippen LogP contribution in [0.1, 0.15) is 26.0 Å². The van der Waals surface area contributed by atoms with Crippen LogP contribution < -0.4 is 5.73 Å². The van der Waals surface area contributed by atoms with Crippen molar-refractivity contribution in [1.82, 2.24) is 9.97 Å². The lowest BCUT2D eigenvalue weighted by Gasteiger charge is -2.03. The van der Waals surface area contributed by atoms with E-state index < -0.39 is 0 Å². The van der Waals surface area contributed by atoms with Crippen molar-refractivity contribution in [2.24, 2.45) is 16.8 Å². The minimum Gasteiger partial charge on any atom is -0.409 e. The van der Waals surface area contributed by atoms with E-state index in [0.29, 0.717) is 11.6 Å². The number of hydrogen-bond donors (Lipinski definition) is 2. The molecule has 0 saturated heterocycles. The van der Waals surface area contributed by atoms with E-state index in [4.69, 9.17) is 10.9 Å². The maximum absolute atomic E-state index is 8.45. The molecular formula is C10H16N4OS. The van der Waals surface area contributed by atoms with Gasteiger partial charge in [-0.2, -0.15) is 0 Å². The first-order chi connectivity index (χ1) is 7.63. The van der Waals surface area contributed by atoms with Crippen LogP contribution in [-0.2, 0) is 0 Å². The molecule has 0 fully saturated rings. The van der Waals surface area contributed by atoms with E-state index in [1.165, 1.54) is 6.20 Å². The Hall–Kier alpha value is -1.30. The van der Waals surface area contributed by atoms with E-state index in [0.717, 1.165) is 17.2 Å². The van der Waals surface area contributed by atoms with Crippen LogP contribution in [0.2, 0.25) is 0 Å². The van der Waals surface area contributed by atoms with Crippen molar-refractivity contribution < 1.29 is 5.21 Å². The molecule has 5 nitrogen and oxygen atoms in total. The smallest absolute Gasteiger partial charge is 0.190 e. The summed E-state index contributed by atoms with van der Waals surface area (Å²) >= 11 is 1.66. The highest BCUT2D eigenvalue weighted by Crippen LogP contribution is 2.17. The second kappa shape index (κ2) is 6.32. The van der Waals surface area contributed by atoms with Crippen molar-refractivity contribution in [3.05, 3.63) is 18.1 Å². The van der Waals surface area contributed by atoms with Gasteiger partial charge in [-0.1, -0.05) is 19.0 Å². The Morgan fingerprint density at radius 1 is 1.50 bits per heavy atom. The largest absolute Gasteiger partial charge is 0.409 e. The zero-order valence-corrected chi connectivity index (χ0v) is 10.2. The third-order valence-electron chi connectivity index (χ3n) is 1.94. The number of oxime groups is 1. The van der Waals surface area contributed by atoms with Crippen LogP contribution in [0.25, 0.3) is 0 Å². The van der Waals surface area contributed by atoms with Gasteiger partial charge in [-0.25, -0.2) is 9.97 Å². The summed E-state index contributed by atoms with van der Waals surface area (Å²) in [5, 5.41) is 12.2. The van der Waals surface area contributed by atoms with Gasteiger partial charge in [-0.15, -0.1) is 11.8 Å². The van der Waals surface area contributed by atoms with Crippen molar-refractivity contribution in [2.45, 2.75) is 25.3 Å². The maximum Gasteiger partial charge on any atom is 0.190 e. The summed E-state index contributed by atoms with van der Waals surface area (Å²) in [5.74, 6) is 1.69. The molecule has 0 aliphatic heterocycles. The number of aromatic nitrogens is 2. The first kappa shape index (κ1) is 12.8. The Kier molecular flexibility index (Phi) is 5.04. The quantitative estimate of drug-likeness (QED) is 0.269. The lowest BCUT2D eigenvalue weighted by atomic mass is 10.2. The summed E-state index contributed by atoms with van der Waals surface area (Å²) in [6.07, 6.45) is 4.29. The molecule has 1 rings (SSSR count). The Bertz CT molecular complexity index is 350. The van der Waals surface area contributed by atoms with E-state index in [1.807, 2.05) is 0 Å². The van der Waals surface area contributed by atoms with Crippen molar-refractivity contribution in [3.8, 4) is 0 Å². The first-order valence-corrected chi connectivity index (χ1v) is 6.04. The number of hydrogen-bond acceptors (Lipinski definition) is 5. The Morgan fingerprint density at radius 2 is 2.25 bits per heavy atom. The highest BCUT2D eigenvalue weighted by molar-refractivity contribution is 7.99. The van der Waals surface area contributed by atoms with E-state index in [2.05, 4.69) is 29.0 Å². The summed E-state index contributed by atoms with van der Waals surface area (Å²) in [6, 6.07) is 0. The lowest BCUT2D eigenvalue weighted by molar-refractivity contribution is 0.318. The average molecular weight is 240 g/mol. The molecule has 0 atom stereocenters. The monoisotopic (exact) mass is 240 g/mol. The number of amidine groups is 1. The van der Waals surface area contributed by atoms with Crippen LogP contribution in [0.5, 0.6) is 0 Å². The fourth-order valence-corrected chi connectivity index (χ4v) is 2.03. The van der Waals surface area contributed by atoms with Crippen molar-refractivity contribution in [1.29, 1.82) is 0 Å². The summed E-state index contributed by atoms with van der Waals surface area (Å²) in [4.78, 5) is 8.22. The van der Waals surface area contributed by atoms with E-state index in [1.54, 1.807) is 18.0 Å². The zero-order chi connectivity index (χ0) is 12.0. The third kappa shape index (κ3) is 4.06. The Morgan fingerprint density at radius 3 is 2.75 bits per heavy atom. The van der Waals surface area contributed by atoms with Gasteiger partial charge in [0.2, 0.25) is 0 Å².